The third-order valence-corrected chi connectivity index (χ3v) is 3.50. The Morgan fingerprint density at radius 1 is 1.35 bits per heavy atom. The zero-order valence-electron chi connectivity index (χ0n) is 10.3. The molecule has 3 heteroatoms. The lowest BCUT2D eigenvalue weighted by Crippen LogP contribution is -2.35. The summed E-state index contributed by atoms with van der Waals surface area (Å²) in [7, 11) is 0. The van der Waals surface area contributed by atoms with Crippen LogP contribution in [0, 0.1) is 0 Å². The number of anilines is 1. The molecule has 0 spiro atoms. The average molecular weight is 248 g/mol. The predicted octanol–water partition coefficient (Wildman–Crippen LogP) is 3.48. The van der Waals surface area contributed by atoms with Gasteiger partial charge >= 0.3 is 0 Å². The Labute approximate surface area is 109 Å². The van der Waals surface area contributed by atoms with E-state index in [0.29, 0.717) is 6.04 Å². The maximum absolute atomic E-state index is 5.33. The van der Waals surface area contributed by atoms with E-state index in [2.05, 4.69) is 41.8 Å². The van der Waals surface area contributed by atoms with E-state index < -0.39 is 0 Å². The molecule has 0 saturated heterocycles. The van der Waals surface area contributed by atoms with Crippen LogP contribution in [0.5, 0.6) is 0 Å². The molecular formula is C14H20N2S. The number of nitrogens with one attached hydrogen (secondary N) is 2. The number of hydrogen-bond donors (Lipinski definition) is 2. The number of thiocarbonyl (C=S) groups is 1. The van der Waals surface area contributed by atoms with Crippen molar-refractivity contribution in [2.75, 3.05) is 5.32 Å². The van der Waals surface area contributed by atoms with E-state index in [9.17, 15) is 0 Å². The normalized spacial score (nSPS) is 15.8. The van der Waals surface area contributed by atoms with Gasteiger partial charge in [0.1, 0.15) is 0 Å². The minimum Gasteiger partial charge on any atom is -0.360 e. The van der Waals surface area contributed by atoms with Gasteiger partial charge in [-0.25, -0.2) is 0 Å². The Bertz CT molecular complexity index is 384. The number of benzene rings is 1. The molecule has 1 aliphatic carbocycles. The van der Waals surface area contributed by atoms with E-state index >= 15 is 0 Å². The van der Waals surface area contributed by atoms with Gasteiger partial charge in [0.15, 0.2) is 5.11 Å². The van der Waals surface area contributed by atoms with E-state index in [1.165, 1.54) is 31.2 Å². The number of hydrogen-bond acceptors (Lipinski definition) is 1. The second-order valence-electron chi connectivity index (χ2n) is 4.63. The molecule has 2 N–H and O–H groups in total. The molecule has 1 saturated carbocycles. The molecule has 1 aromatic rings. The van der Waals surface area contributed by atoms with Gasteiger partial charge in [-0.15, -0.1) is 0 Å². The molecule has 1 aromatic carbocycles. The highest BCUT2D eigenvalue weighted by molar-refractivity contribution is 7.80. The van der Waals surface area contributed by atoms with Crippen LogP contribution in [0.3, 0.4) is 0 Å². The Kier molecular flexibility index (Phi) is 4.37. The molecule has 2 nitrogen and oxygen atoms in total. The summed E-state index contributed by atoms with van der Waals surface area (Å²) in [6.45, 7) is 2.16. The van der Waals surface area contributed by atoms with Gasteiger partial charge in [0.2, 0.25) is 0 Å². The van der Waals surface area contributed by atoms with Crippen LogP contribution in [0.25, 0.3) is 0 Å². The van der Waals surface area contributed by atoms with Gasteiger partial charge < -0.3 is 10.6 Å². The van der Waals surface area contributed by atoms with Gasteiger partial charge in [0, 0.05) is 11.7 Å². The monoisotopic (exact) mass is 248 g/mol. The Morgan fingerprint density at radius 3 is 2.82 bits per heavy atom. The van der Waals surface area contributed by atoms with Crippen molar-refractivity contribution < 1.29 is 0 Å². The lowest BCUT2D eigenvalue weighted by Gasteiger charge is -2.16. The Hall–Kier alpha value is -1.09. The van der Waals surface area contributed by atoms with Crippen molar-refractivity contribution in [1.82, 2.24) is 5.32 Å². The van der Waals surface area contributed by atoms with Gasteiger partial charge in [-0.2, -0.15) is 0 Å². The minimum atomic E-state index is 0.573. The topological polar surface area (TPSA) is 24.1 Å². The number of rotatable bonds is 3. The molecule has 0 radical (unpaired) electrons. The third kappa shape index (κ3) is 3.70. The summed E-state index contributed by atoms with van der Waals surface area (Å²) in [5.41, 5.74) is 2.42. The van der Waals surface area contributed by atoms with Crippen molar-refractivity contribution in [2.24, 2.45) is 0 Å². The van der Waals surface area contributed by atoms with Crippen LogP contribution in [0.2, 0.25) is 0 Å². The van der Waals surface area contributed by atoms with Crippen molar-refractivity contribution in [2.45, 2.75) is 45.1 Å². The molecule has 17 heavy (non-hydrogen) atoms. The Morgan fingerprint density at radius 2 is 2.12 bits per heavy atom. The fourth-order valence-corrected chi connectivity index (χ4v) is 2.58. The molecule has 1 fully saturated rings. The molecule has 0 unspecified atom stereocenters. The second-order valence-corrected chi connectivity index (χ2v) is 5.04. The molecule has 0 heterocycles. The molecule has 0 atom stereocenters. The van der Waals surface area contributed by atoms with E-state index in [1.54, 1.807) is 0 Å². The predicted molar refractivity (Wildman–Crippen MR) is 77.4 cm³/mol. The first-order chi connectivity index (χ1) is 8.28. The minimum absolute atomic E-state index is 0.573. The fourth-order valence-electron chi connectivity index (χ4n) is 2.29. The first-order valence-electron chi connectivity index (χ1n) is 6.44. The van der Waals surface area contributed by atoms with Crippen LogP contribution in [0.4, 0.5) is 5.69 Å². The summed E-state index contributed by atoms with van der Waals surface area (Å²) in [6.07, 6.45) is 6.20. The zero-order valence-corrected chi connectivity index (χ0v) is 11.1. The first-order valence-corrected chi connectivity index (χ1v) is 6.85. The van der Waals surface area contributed by atoms with Gasteiger partial charge in [-0.3, -0.25) is 0 Å². The average Bonchev–Trinajstić information content (AvgIpc) is 2.82. The van der Waals surface area contributed by atoms with Crippen molar-refractivity contribution in [3.8, 4) is 0 Å². The van der Waals surface area contributed by atoms with Gasteiger partial charge in [-0.1, -0.05) is 31.9 Å². The summed E-state index contributed by atoms with van der Waals surface area (Å²) in [5.74, 6) is 0. The smallest absolute Gasteiger partial charge is 0.170 e. The number of aryl methyl sites for hydroxylation is 1. The van der Waals surface area contributed by atoms with Crippen LogP contribution in [-0.4, -0.2) is 11.2 Å². The summed E-state index contributed by atoms with van der Waals surface area (Å²) in [5, 5.41) is 7.40. The van der Waals surface area contributed by atoms with Crippen molar-refractivity contribution in [1.29, 1.82) is 0 Å². The van der Waals surface area contributed by atoms with E-state index in [1.807, 2.05) is 0 Å². The lowest BCUT2D eigenvalue weighted by molar-refractivity contribution is 0.634. The van der Waals surface area contributed by atoms with Crippen molar-refractivity contribution in [3.63, 3.8) is 0 Å². The maximum atomic E-state index is 5.33. The summed E-state index contributed by atoms with van der Waals surface area (Å²) in [4.78, 5) is 0. The molecule has 92 valence electrons. The molecule has 2 rings (SSSR count). The zero-order chi connectivity index (χ0) is 12.1. The maximum Gasteiger partial charge on any atom is 0.170 e. The van der Waals surface area contributed by atoms with Crippen LogP contribution in [0.15, 0.2) is 24.3 Å². The highest BCUT2D eigenvalue weighted by Crippen LogP contribution is 2.18. The summed E-state index contributed by atoms with van der Waals surface area (Å²) in [6, 6.07) is 8.99. The van der Waals surface area contributed by atoms with Crippen molar-refractivity contribution >= 4 is 23.0 Å². The van der Waals surface area contributed by atoms with Crippen molar-refractivity contribution in [3.05, 3.63) is 29.8 Å². The standard InChI is InChI=1S/C14H20N2S/c1-2-11-6-5-9-13(10-11)16-14(17)15-12-7-3-4-8-12/h5-6,9-10,12H,2-4,7-8H2,1H3,(H2,15,16,17). The van der Waals surface area contributed by atoms with E-state index in [4.69, 9.17) is 12.2 Å². The summed E-state index contributed by atoms with van der Waals surface area (Å²) < 4.78 is 0. The van der Waals surface area contributed by atoms with Crippen LogP contribution in [0.1, 0.15) is 38.2 Å². The third-order valence-electron chi connectivity index (χ3n) is 3.28. The van der Waals surface area contributed by atoms with Crippen LogP contribution in [-0.2, 0) is 6.42 Å². The first kappa shape index (κ1) is 12.4. The molecule has 1 aliphatic rings. The molecule has 0 bridgehead atoms. The van der Waals surface area contributed by atoms with E-state index in [0.717, 1.165) is 17.2 Å². The van der Waals surface area contributed by atoms with Crippen LogP contribution >= 0.6 is 12.2 Å². The Balaban J connectivity index is 1.88. The summed E-state index contributed by atoms with van der Waals surface area (Å²) >= 11 is 5.33. The quantitative estimate of drug-likeness (QED) is 0.801. The molecular weight excluding hydrogens is 228 g/mol. The second kappa shape index (κ2) is 6.01. The highest BCUT2D eigenvalue weighted by Gasteiger charge is 2.15. The lowest BCUT2D eigenvalue weighted by atomic mass is 10.1. The fraction of sp³-hybridized carbons (Fsp3) is 0.500. The SMILES string of the molecule is CCc1cccc(NC(=S)NC2CCCC2)c1. The van der Waals surface area contributed by atoms with E-state index in [-0.39, 0.29) is 0 Å². The van der Waals surface area contributed by atoms with Gasteiger partial charge in [-0.05, 0) is 49.2 Å². The molecule has 0 aromatic heterocycles. The molecule has 0 amide bonds. The highest BCUT2D eigenvalue weighted by atomic mass is 32.1. The largest absolute Gasteiger partial charge is 0.360 e. The van der Waals surface area contributed by atoms with Crippen LogP contribution < -0.4 is 10.6 Å². The molecule has 0 aliphatic heterocycles. The van der Waals surface area contributed by atoms with Gasteiger partial charge in [0.05, 0.1) is 0 Å². The van der Waals surface area contributed by atoms with Gasteiger partial charge in [0.25, 0.3) is 0 Å².